The lowest BCUT2D eigenvalue weighted by molar-refractivity contribution is -0.121. The van der Waals surface area contributed by atoms with E-state index in [1.807, 2.05) is 6.92 Å². The number of hydrogen-bond acceptors (Lipinski definition) is 6. The lowest BCUT2D eigenvalue weighted by atomic mass is 10.0. The van der Waals surface area contributed by atoms with E-state index < -0.39 is 0 Å². The average Bonchev–Trinajstić information content (AvgIpc) is 2.77. The molecule has 0 radical (unpaired) electrons. The van der Waals surface area contributed by atoms with E-state index in [9.17, 15) is 9.59 Å². The number of nitrogens with one attached hydrogen (secondary N) is 2. The van der Waals surface area contributed by atoms with Gasteiger partial charge in [-0.2, -0.15) is 0 Å². The van der Waals surface area contributed by atoms with E-state index in [2.05, 4.69) is 39.0 Å². The van der Waals surface area contributed by atoms with E-state index in [1.165, 1.54) is 0 Å². The molecule has 1 saturated heterocycles. The summed E-state index contributed by atoms with van der Waals surface area (Å²) < 4.78 is 5.46. The summed E-state index contributed by atoms with van der Waals surface area (Å²) in [5.74, 6) is 1.02. The summed E-state index contributed by atoms with van der Waals surface area (Å²) in [7, 11) is 0. The van der Waals surface area contributed by atoms with Crippen molar-refractivity contribution in [2.75, 3.05) is 32.8 Å². The molecular weight excluding hydrogens is 394 g/mol. The molecule has 1 unspecified atom stereocenters. The van der Waals surface area contributed by atoms with Crippen LogP contribution in [0.25, 0.3) is 11.4 Å². The van der Waals surface area contributed by atoms with Crippen LogP contribution in [0.1, 0.15) is 37.9 Å². The van der Waals surface area contributed by atoms with Gasteiger partial charge in [-0.25, -0.2) is 4.98 Å². The number of ether oxygens (including phenoxy) is 1. The molecule has 1 aliphatic heterocycles. The first-order valence-electron chi connectivity index (χ1n) is 11.0. The molecule has 0 aliphatic carbocycles. The molecule has 0 saturated carbocycles. The first-order valence-corrected chi connectivity index (χ1v) is 11.0. The summed E-state index contributed by atoms with van der Waals surface area (Å²) in [5, 5.41) is 3.07. The second kappa shape index (κ2) is 11.2. The highest BCUT2D eigenvalue weighted by molar-refractivity contribution is 5.76. The highest BCUT2D eigenvalue weighted by Gasteiger charge is 2.22. The largest absolute Gasteiger partial charge is 0.379 e. The number of aryl methyl sites for hydroxylation is 1. The van der Waals surface area contributed by atoms with Gasteiger partial charge in [0.25, 0.3) is 5.56 Å². The standard InChI is InChI=1S/C23H33N5O3/c1-16(2)14-19(28-10-12-31-13-11-28)15-25-21(29)5-4-20-17(3)26-22(27-23(20)30)18-6-8-24-9-7-18/h6-9,16,19H,4-5,10-15H2,1-3H3,(H,25,29)(H,26,27,30). The van der Waals surface area contributed by atoms with Crippen LogP contribution < -0.4 is 10.9 Å². The van der Waals surface area contributed by atoms with Crippen LogP contribution in [0.3, 0.4) is 0 Å². The Morgan fingerprint density at radius 2 is 1.97 bits per heavy atom. The summed E-state index contributed by atoms with van der Waals surface area (Å²) in [6.45, 7) is 10.1. The fraction of sp³-hybridized carbons (Fsp3) is 0.565. The summed E-state index contributed by atoms with van der Waals surface area (Å²) in [5.41, 5.74) is 1.81. The van der Waals surface area contributed by atoms with E-state index >= 15 is 0 Å². The number of pyridine rings is 1. The molecule has 2 aromatic rings. The number of rotatable bonds is 9. The molecule has 0 spiro atoms. The number of amides is 1. The molecule has 1 amide bonds. The number of H-pyrrole nitrogens is 1. The lowest BCUT2D eigenvalue weighted by Gasteiger charge is -2.35. The maximum absolute atomic E-state index is 12.6. The number of nitrogens with zero attached hydrogens (tertiary/aromatic N) is 3. The fourth-order valence-corrected chi connectivity index (χ4v) is 3.96. The third-order valence-electron chi connectivity index (χ3n) is 5.62. The van der Waals surface area contributed by atoms with Gasteiger partial charge in [0.2, 0.25) is 5.91 Å². The van der Waals surface area contributed by atoms with Crippen molar-refractivity contribution >= 4 is 5.91 Å². The molecule has 0 aromatic carbocycles. The Balaban J connectivity index is 1.56. The monoisotopic (exact) mass is 427 g/mol. The normalized spacial score (nSPS) is 15.7. The predicted molar refractivity (Wildman–Crippen MR) is 120 cm³/mol. The zero-order valence-corrected chi connectivity index (χ0v) is 18.7. The molecule has 8 heteroatoms. The minimum absolute atomic E-state index is 0.0426. The molecule has 168 valence electrons. The quantitative estimate of drug-likeness (QED) is 0.634. The van der Waals surface area contributed by atoms with Gasteiger partial charge >= 0.3 is 0 Å². The van der Waals surface area contributed by atoms with E-state index in [1.54, 1.807) is 24.5 Å². The second-order valence-electron chi connectivity index (χ2n) is 8.45. The van der Waals surface area contributed by atoms with Crippen LogP contribution in [0.2, 0.25) is 0 Å². The van der Waals surface area contributed by atoms with Crippen molar-refractivity contribution in [3.8, 4) is 11.4 Å². The second-order valence-corrected chi connectivity index (χ2v) is 8.45. The third-order valence-corrected chi connectivity index (χ3v) is 5.62. The number of aromatic nitrogens is 3. The number of aromatic amines is 1. The van der Waals surface area contributed by atoms with Crippen LogP contribution in [0.4, 0.5) is 0 Å². The van der Waals surface area contributed by atoms with Crippen LogP contribution in [0, 0.1) is 12.8 Å². The van der Waals surface area contributed by atoms with Crippen molar-refractivity contribution in [1.29, 1.82) is 0 Å². The average molecular weight is 428 g/mol. The van der Waals surface area contributed by atoms with E-state index in [0.29, 0.717) is 42.0 Å². The van der Waals surface area contributed by atoms with Gasteiger partial charge < -0.3 is 15.0 Å². The van der Waals surface area contributed by atoms with Crippen LogP contribution in [0.15, 0.2) is 29.3 Å². The molecule has 1 atom stereocenters. The third kappa shape index (κ3) is 6.70. The molecule has 1 aliphatic rings. The Morgan fingerprint density at radius 3 is 2.61 bits per heavy atom. The minimum Gasteiger partial charge on any atom is -0.379 e. The zero-order valence-electron chi connectivity index (χ0n) is 18.7. The van der Waals surface area contributed by atoms with Crippen molar-refractivity contribution in [3.63, 3.8) is 0 Å². The van der Waals surface area contributed by atoms with Gasteiger partial charge in [0.1, 0.15) is 5.82 Å². The summed E-state index contributed by atoms with van der Waals surface area (Å²) in [4.78, 5) is 38.8. The molecule has 3 heterocycles. The molecule has 3 rings (SSSR count). The van der Waals surface area contributed by atoms with E-state index in [-0.39, 0.29) is 17.9 Å². The maximum atomic E-state index is 12.6. The number of carbonyl (C=O) groups is 1. The minimum atomic E-state index is -0.196. The van der Waals surface area contributed by atoms with Crippen molar-refractivity contribution in [1.82, 2.24) is 25.2 Å². The summed E-state index contributed by atoms with van der Waals surface area (Å²) in [6.07, 6.45) is 4.97. The highest BCUT2D eigenvalue weighted by atomic mass is 16.5. The summed E-state index contributed by atoms with van der Waals surface area (Å²) >= 11 is 0. The van der Waals surface area contributed by atoms with Crippen LogP contribution in [-0.2, 0) is 16.0 Å². The maximum Gasteiger partial charge on any atom is 0.254 e. The zero-order chi connectivity index (χ0) is 22.2. The summed E-state index contributed by atoms with van der Waals surface area (Å²) in [6, 6.07) is 3.90. The molecule has 2 N–H and O–H groups in total. The smallest absolute Gasteiger partial charge is 0.254 e. The topological polar surface area (TPSA) is 100 Å². The van der Waals surface area contributed by atoms with E-state index in [0.717, 1.165) is 38.3 Å². The van der Waals surface area contributed by atoms with Gasteiger partial charge in [0.15, 0.2) is 0 Å². The van der Waals surface area contributed by atoms with Crippen LogP contribution in [0.5, 0.6) is 0 Å². The van der Waals surface area contributed by atoms with Gasteiger partial charge in [-0.1, -0.05) is 13.8 Å². The number of carbonyl (C=O) groups excluding carboxylic acids is 1. The van der Waals surface area contributed by atoms with E-state index in [4.69, 9.17) is 4.74 Å². The van der Waals surface area contributed by atoms with Crippen molar-refractivity contribution in [2.24, 2.45) is 5.92 Å². The van der Waals surface area contributed by atoms with Gasteiger partial charge in [0, 0.05) is 61.3 Å². The molecule has 8 nitrogen and oxygen atoms in total. The number of hydrogen-bond donors (Lipinski definition) is 2. The van der Waals surface area contributed by atoms with Crippen molar-refractivity contribution < 1.29 is 9.53 Å². The van der Waals surface area contributed by atoms with Gasteiger partial charge in [-0.15, -0.1) is 0 Å². The van der Waals surface area contributed by atoms with Crippen molar-refractivity contribution in [3.05, 3.63) is 46.1 Å². The SMILES string of the molecule is Cc1nc(-c2ccncc2)[nH]c(=O)c1CCC(=O)NCC(CC(C)C)N1CCOCC1. The Morgan fingerprint density at radius 1 is 1.26 bits per heavy atom. The Labute approximate surface area is 183 Å². The molecule has 1 fully saturated rings. The van der Waals surface area contributed by atoms with Gasteiger partial charge in [-0.05, 0) is 37.8 Å². The lowest BCUT2D eigenvalue weighted by Crippen LogP contribution is -2.49. The molecule has 2 aromatic heterocycles. The Bertz CT molecular complexity index is 907. The highest BCUT2D eigenvalue weighted by Crippen LogP contribution is 2.15. The molecule has 31 heavy (non-hydrogen) atoms. The molecule has 0 bridgehead atoms. The first kappa shape index (κ1) is 23.1. The van der Waals surface area contributed by atoms with Crippen LogP contribution in [-0.4, -0.2) is 64.6 Å². The Kier molecular flexibility index (Phi) is 8.31. The van der Waals surface area contributed by atoms with Crippen LogP contribution >= 0.6 is 0 Å². The fourth-order valence-electron chi connectivity index (χ4n) is 3.96. The van der Waals surface area contributed by atoms with Crippen molar-refractivity contribution in [2.45, 2.75) is 46.1 Å². The first-order chi connectivity index (χ1) is 14.9. The van der Waals surface area contributed by atoms with Gasteiger partial charge in [0.05, 0.1) is 13.2 Å². The Hall–Kier alpha value is -2.58. The van der Waals surface area contributed by atoms with Gasteiger partial charge in [-0.3, -0.25) is 19.5 Å². The molecular formula is C23H33N5O3. The predicted octanol–water partition coefficient (Wildman–Crippen LogP) is 1.94. The number of morpholine rings is 1.